The van der Waals surface area contributed by atoms with Crippen LogP contribution in [0.15, 0.2) is 29.2 Å². The second-order valence-corrected chi connectivity index (χ2v) is 7.88. The summed E-state index contributed by atoms with van der Waals surface area (Å²) in [5.74, 6) is -0.745. The third kappa shape index (κ3) is 3.83. The molecule has 1 aromatic rings. The average Bonchev–Trinajstić information content (AvgIpc) is 2.55. The summed E-state index contributed by atoms with van der Waals surface area (Å²) in [5, 5.41) is 0. The fourth-order valence-corrected chi connectivity index (χ4v) is 3.28. The van der Waals surface area contributed by atoms with E-state index in [0.717, 1.165) is 5.56 Å². The summed E-state index contributed by atoms with van der Waals surface area (Å²) < 4.78 is 40.9. The molecule has 1 aliphatic rings. The average molecular weight is 314 g/mol. The minimum atomic E-state index is -3.79. The monoisotopic (exact) mass is 314 g/mol. The van der Waals surface area contributed by atoms with Gasteiger partial charge in [-0.05, 0) is 46.8 Å². The Kier molecular flexibility index (Phi) is 4.19. The smallest absolute Gasteiger partial charge is 0.297 e. The molecule has 1 heterocycles. The highest BCUT2D eigenvalue weighted by atomic mass is 32.2. The molecule has 0 spiro atoms. The molecule has 1 fully saturated rings. The molecular weight excluding hydrogens is 292 g/mol. The summed E-state index contributed by atoms with van der Waals surface area (Å²) in [7, 11) is -3.79. The van der Waals surface area contributed by atoms with Gasteiger partial charge in [0, 0.05) is 0 Å². The van der Waals surface area contributed by atoms with Gasteiger partial charge in [-0.25, -0.2) is 0 Å². The predicted octanol–water partition coefficient (Wildman–Crippen LogP) is 2.63. The highest BCUT2D eigenvalue weighted by Crippen LogP contribution is 2.36. The van der Waals surface area contributed by atoms with Crippen molar-refractivity contribution in [3.63, 3.8) is 0 Å². The number of aryl methyl sites for hydroxylation is 1. The molecule has 5 nitrogen and oxygen atoms in total. The van der Waals surface area contributed by atoms with Gasteiger partial charge in [-0.2, -0.15) is 8.42 Å². The van der Waals surface area contributed by atoms with E-state index < -0.39 is 27.6 Å². The van der Waals surface area contributed by atoms with Crippen LogP contribution >= 0.6 is 0 Å². The second-order valence-electron chi connectivity index (χ2n) is 6.26. The first-order valence-corrected chi connectivity index (χ1v) is 8.27. The van der Waals surface area contributed by atoms with Gasteiger partial charge in [0.25, 0.3) is 10.1 Å². The fraction of sp³-hybridized carbons (Fsp3) is 0.600. The standard InChI is InChI=1S/C15H22O5S/c1-11-6-8-12(9-7-11)21(16,17)18-10-13-14(2,3)20-15(4,5)19-13/h6-9,13H,10H2,1-5H3. The Balaban J connectivity index is 2.07. The minimum absolute atomic E-state index is 0.0767. The molecule has 1 aliphatic heterocycles. The van der Waals surface area contributed by atoms with Crippen molar-refractivity contribution in [3.05, 3.63) is 29.8 Å². The Hall–Kier alpha value is -0.950. The zero-order chi connectivity index (χ0) is 15.9. The lowest BCUT2D eigenvalue weighted by Crippen LogP contribution is -2.37. The number of benzene rings is 1. The minimum Gasteiger partial charge on any atom is -0.342 e. The quantitative estimate of drug-likeness (QED) is 0.800. The molecule has 2 rings (SSSR count). The maximum Gasteiger partial charge on any atom is 0.297 e. The van der Waals surface area contributed by atoms with Gasteiger partial charge < -0.3 is 9.47 Å². The van der Waals surface area contributed by atoms with Gasteiger partial charge in [0.05, 0.1) is 17.1 Å². The van der Waals surface area contributed by atoms with Gasteiger partial charge in [-0.3, -0.25) is 4.18 Å². The summed E-state index contributed by atoms with van der Waals surface area (Å²) in [6.07, 6.45) is -0.451. The van der Waals surface area contributed by atoms with Crippen LogP contribution in [0.2, 0.25) is 0 Å². The summed E-state index contributed by atoms with van der Waals surface area (Å²) in [5.41, 5.74) is 0.385. The molecule has 1 unspecified atom stereocenters. The molecule has 1 atom stereocenters. The van der Waals surface area contributed by atoms with Crippen molar-refractivity contribution in [1.82, 2.24) is 0 Å². The summed E-state index contributed by atoms with van der Waals surface area (Å²) in [4.78, 5) is 0.143. The van der Waals surface area contributed by atoms with Crippen LogP contribution in [0.25, 0.3) is 0 Å². The Morgan fingerprint density at radius 2 is 1.71 bits per heavy atom. The highest BCUT2D eigenvalue weighted by Gasteiger charge is 2.47. The Bertz CT molecular complexity index is 601. The third-order valence-corrected chi connectivity index (χ3v) is 4.69. The molecule has 0 aromatic heterocycles. The Morgan fingerprint density at radius 1 is 1.14 bits per heavy atom. The van der Waals surface area contributed by atoms with E-state index in [2.05, 4.69) is 0 Å². The van der Waals surface area contributed by atoms with Crippen molar-refractivity contribution in [3.8, 4) is 0 Å². The molecule has 118 valence electrons. The van der Waals surface area contributed by atoms with Gasteiger partial charge in [0.1, 0.15) is 6.10 Å². The number of rotatable bonds is 4. The van der Waals surface area contributed by atoms with Crippen molar-refractivity contribution in [2.45, 2.75) is 57.0 Å². The van der Waals surface area contributed by atoms with Crippen molar-refractivity contribution in [1.29, 1.82) is 0 Å². The predicted molar refractivity (Wildman–Crippen MR) is 78.4 cm³/mol. The van der Waals surface area contributed by atoms with Gasteiger partial charge in [0.15, 0.2) is 5.79 Å². The second kappa shape index (κ2) is 5.35. The van der Waals surface area contributed by atoms with E-state index in [1.54, 1.807) is 26.0 Å². The molecule has 0 saturated carbocycles. The number of hydrogen-bond donors (Lipinski definition) is 0. The lowest BCUT2D eigenvalue weighted by molar-refractivity contribution is -0.158. The molecular formula is C15H22O5S. The van der Waals surface area contributed by atoms with Crippen molar-refractivity contribution >= 4 is 10.1 Å². The molecule has 1 aromatic carbocycles. The highest BCUT2D eigenvalue weighted by molar-refractivity contribution is 7.86. The van der Waals surface area contributed by atoms with E-state index >= 15 is 0 Å². The van der Waals surface area contributed by atoms with Crippen LogP contribution in [0, 0.1) is 6.92 Å². The molecule has 0 bridgehead atoms. The summed E-state index contributed by atoms with van der Waals surface area (Å²) in [6.45, 7) is 9.12. The number of ether oxygens (including phenoxy) is 2. The van der Waals surface area contributed by atoms with Gasteiger partial charge in [0.2, 0.25) is 0 Å². The van der Waals surface area contributed by atoms with E-state index in [-0.39, 0.29) is 11.5 Å². The maximum atomic E-state index is 12.2. The Morgan fingerprint density at radius 3 is 2.19 bits per heavy atom. The van der Waals surface area contributed by atoms with E-state index in [4.69, 9.17) is 13.7 Å². The van der Waals surface area contributed by atoms with Crippen LogP contribution in [0.4, 0.5) is 0 Å². The van der Waals surface area contributed by atoms with Crippen LogP contribution in [-0.2, 0) is 23.8 Å². The maximum absolute atomic E-state index is 12.2. The van der Waals surface area contributed by atoms with Gasteiger partial charge in [-0.15, -0.1) is 0 Å². The third-order valence-electron chi connectivity index (χ3n) is 3.39. The normalized spacial score (nSPS) is 24.1. The lowest BCUT2D eigenvalue weighted by Gasteiger charge is -2.23. The van der Waals surface area contributed by atoms with E-state index in [1.807, 2.05) is 20.8 Å². The van der Waals surface area contributed by atoms with Gasteiger partial charge in [-0.1, -0.05) is 17.7 Å². The zero-order valence-electron chi connectivity index (χ0n) is 13.0. The van der Waals surface area contributed by atoms with Crippen LogP contribution in [0.1, 0.15) is 33.3 Å². The molecule has 0 radical (unpaired) electrons. The first kappa shape index (κ1) is 16.4. The van der Waals surface area contributed by atoms with Crippen LogP contribution in [-0.4, -0.2) is 32.5 Å². The van der Waals surface area contributed by atoms with Crippen LogP contribution in [0.5, 0.6) is 0 Å². The summed E-state index contributed by atoms with van der Waals surface area (Å²) in [6, 6.07) is 6.54. The first-order chi connectivity index (χ1) is 9.52. The Labute approximate surface area is 126 Å². The molecule has 0 amide bonds. The lowest BCUT2D eigenvalue weighted by atomic mass is 10.0. The molecule has 1 saturated heterocycles. The van der Waals surface area contributed by atoms with Crippen molar-refractivity contribution < 1.29 is 22.1 Å². The topological polar surface area (TPSA) is 61.8 Å². The zero-order valence-corrected chi connectivity index (χ0v) is 13.9. The van der Waals surface area contributed by atoms with Crippen LogP contribution < -0.4 is 0 Å². The largest absolute Gasteiger partial charge is 0.342 e. The van der Waals surface area contributed by atoms with E-state index in [9.17, 15) is 8.42 Å². The number of hydrogen-bond acceptors (Lipinski definition) is 5. The molecule has 0 N–H and O–H groups in total. The van der Waals surface area contributed by atoms with E-state index in [1.165, 1.54) is 12.1 Å². The van der Waals surface area contributed by atoms with Gasteiger partial charge >= 0.3 is 0 Å². The fourth-order valence-electron chi connectivity index (χ4n) is 2.37. The first-order valence-electron chi connectivity index (χ1n) is 6.86. The van der Waals surface area contributed by atoms with Crippen LogP contribution in [0.3, 0.4) is 0 Å². The molecule has 21 heavy (non-hydrogen) atoms. The molecule has 0 aliphatic carbocycles. The SMILES string of the molecule is Cc1ccc(S(=O)(=O)OCC2OC(C)(C)OC2(C)C)cc1. The summed E-state index contributed by atoms with van der Waals surface area (Å²) >= 11 is 0. The van der Waals surface area contributed by atoms with E-state index in [0.29, 0.717) is 0 Å². The van der Waals surface area contributed by atoms with Crippen molar-refractivity contribution in [2.75, 3.05) is 6.61 Å². The van der Waals surface area contributed by atoms with Crippen molar-refractivity contribution in [2.24, 2.45) is 0 Å². The molecule has 6 heteroatoms.